The van der Waals surface area contributed by atoms with Crippen molar-refractivity contribution < 1.29 is 22.5 Å². The van der Waals surface area contributed by atoms with Crippen molar-refractivity contribution in [2.45, 2.75) is 0 Å². The fraction of sp³-hybridized carbons (Fsp3) is 0.125. The second-order valence-electron chi connectivity index (χ2n) is 2.65. The molecule has 0 unspecified atom stereocenters. The highest BCUT2D eigenvalue weighted by Gasteiger charge is 2.14. The average Bonchev–Trinajstić information content (AvgIpc) is 2.05. The lowest BCUT2D eigenvalue weighted by molar-refractivity contribution is -0.131. The maximum absolute atomic E-state index is 10.9. The van der Waals surface area contributed by atoms with Crippen LogP contribution < -0.4 is 4.74 Å². The van der Waals surface area contributed by atoms with Gasteiger partial charge in [-0.1, -0.05) is 11.6 Å². The molecule has 0 spiro atoms. The molecule has 15 heavy (non-hydrogen) atoms. The fourth-order valence-electron chi connectivity index (χ4n) is 0.812. The molecule has 0 atom stereocenters. The zero-order chi connectivity index (χ0) is 11.5. The first kappa shape index (κ1) is 12.0. The van der Waals surface area contributed by atoms with Crippen LogP contribution in [0.3, 0.4) is 0 Å². The highest BCUT2D eigenvalue weighted by molar-refractivity contribution is 7.86. The Labute approximate surface area is 91.4 Å². The molecule has 0 saturated heterocycles. The SMILES string of the molecule is O=C(CS(=O)(=O)O)Oc1ccc(Cl)cc1. The summed E-state index contributed by atoms with van der Waals surface area (Å²) in [6.07, 6.45) is 0. The zero-order valence-electron chi connectivity index (χ0n) is 7.38. The number of carbonyl (C=O) groups is 1. The van der Waals surface area contributed by atoms with Crippen molar-refractivity contribution >= 4 is 27.7 Å². The topological polar surface area (TPSA) is 80.7 Å². The molecule has 5 nitrogen and oxygen atoms in total. The smallest absolute Gasteiger partial charge is 0.329 e. The molecule has 7 heteroatoms. The first-order chi connectivity index (χ1) is 6.87. The van der Waals surface area contributed by atoms with Crippen molar-refractivity contribution in [2.75, 3.05) is 5.75 Å². The van der Waals surface area contributed by atoms with Crippen LogP contribution in [-0.4, -0.2) is 24.7 Å². The molecule has 0 aliphatic rings. The van der Waals surface area contributed by atoms with Crippen LogP contribution in [0.2, 0.25) is 5.02 Å². The number of carbonyl (C=O) groups excluding carboxylic acids is 1. The Kier molecular flexibility index (Phi) is 3.67. The van der Waals surface area contributed by atoms with Crippen LogP contribution in [0.25, 0.3) is 0 Å². The number of hydrogen-bond donors (Lipinski definition) is 1. The number of rotatable bonds is 3. The van der Waals surface area contributed by atoms with E-state index in [1.165, 1.54) is 24.3 Å². The molecular weight excluding hydrogens is 244 g/mol. The van der Waals surface area contributed by atoms with E-state index in [2.05, 4.69) is 4.74 Å². The Hall–Kier alpha value is -1.11. The normalized spacial score (nSPS) is 11.1. The summed E-state index contributed by atoms with van der Waals surface area (Å²) in [6.45, 7) is 0. The van der Waals surface area contributed by atoms with Gasteiger partial charge in [-0.2, -0.15) is 8.42 Å². The van der Waals surface area contributed by atoms with Crippen LogP contribution in [0.1, 0.15) is 0 Å². The average molecular weight is 251 g/mol. The number of halogens is 1. The Balaban J connectivity index is 2.63. The van der Waals surface area contributed by atoms with E-state index in [0.717, 1.165) is 0 Å². The zero-order valence-corrected chi connectivity index (χ0v) is 8.96. The quantitative estimate of drug-likeness (QED) is 0.494. The highest BCUT2D eigenvalue weighted by Crippen LogP contribution is 2.15. The molecule has 0 saturated carbocycles. The maximum atomic E-state index is 10.9. The van der Waals surface area contributed by atoms with E-state index in [-0.39, 0.29) is 5.75 Å². The predicted octanol–water partition coefficient (Wildman–Crippen LogP) is 1.13. The standard InChI is InChI=1S/C8H7ClO5S/c9-6-1-3-7(4-2-6)14-8(10)5-15(11,12)13/h1-4H,5H2,(H,11,12,13). The largest absolute Gasteiger partial charge is 0.426 e. The summed E-state index contributed by atoms with van der Waals surface area (Å²) in [5.74, 6) is -1.97. The van der Waals surface area contributed by atoms with Crippen molar-refractivity contribution in [1.82, 2.24) is 0 Å². The molecule has 0 amide bonds. The Morgan fingerprint density at radius 3 is 2.33 bits per heavy atom. The van der Waals surface area contributed by atoms with Crippen LogP contribution >= 0.6 is 11.6 Å². The third-order valence-electron chi connectivity index (χ3n) is 1.35. The summed E-state index contributed by atoms with van der Waals surface area (Å²) in [4.78, 5) is 10.9. The van der Waals surface area contributed by atoms with Crippen LogP contribution in [0.15, 0.2) is 24.3 Å². The summed E-state index contributed by atoms with van der Waals surface area (Å²) in [5.41, 5.74) is 0. The van der Waals surface area contributed by atoms with Crippen LogP contribution in [0, 0.1) is 0 Å². The lowest BCUT2D eigenvalue weighted by Crippen LogP contribution is -2.20. The minimum atomic E-state index is -4.35. The van der Waals surface area contributed by atoms with Gasteiger partial charge in [0, 0.05) is 5.02 Å². The van der Waals surface area contributed by atoms with E-state index >= 15 is 0 Å². The number of esters is 1. The van der Waals surface area contributed by atoms with E-state index in [1.54, 1.807) is 0 Å². The van der Waals surface area contributed by atoms with Gasteiger partial charge in [0.05, 0.1) is 0 Å². The van der Waals surface area contributed by atoms with Crippen molar-refractivity contribution in [3.8, 4) is 5.75 Å². The molecule has 1 N–H and O–H groups in total. The van der Waals surface area contributed by atoms with Gasteiger partial charge in [-0.25, -0.2) is 0 Å². The minimum absolute atomic E-state index is 0.160. The van der Waals surface area contributed by atoms with E-state index in [4.69, 9.17) is 16.2 Å². The molecule has 0 bridgehead atoms. The minimum Gasteiger partial charge on any atom is -0.426 e. The van der Waals surface area contributed by atoms with Crippen molar-refractivity contribution in [1.29, 1.82) is 0 Å². The molecular formula is C8H7ClO5S. The first-order valence-corrected chi connectivity index (χ1v) is 5.77. The first-order valence-electron chi connectivity index (χ1n) is 3.78. The number of ether oxygens (including phenoxy) is 1. The molecule has 1 aromatic rings. The van der Waals surface area contributed by atoms with Gasteiger partial charge in [-0.05, 0) is 24.3 Å². The summed E-state index contributed by atoms with van der Waals surface area (Å²) in [7, 11) is -4.35. The summed E-state index contributed by atoms with van der Waals surface area (Å²) >= 11 is 5.58. The molecule has 0 radical (unpaired) electrons. The van der Waals surface area contributed by atoms with Crippen molar-refractivity contribution in [3.05, 3.63) is 29.3 Å². The second kappa shape index (κ2) is 4.61. The van der Waals surface area contributed by atoms with Gasteiger partial charge in [0.25, 0.3) is 10.1 Å². The Morgan fingerprint density at radius 2 is 1.87 bits per heavy atom. The summed E-state index contributed by atoms with van der Waals surface area (Å²) in [5, 5.41) is 0.463. The van der Waals surface area contributed by atoms with Crippen molar-refractivity contribution in [3.63, 3.8) is 0 Å². The molecule has 0 aliphatic carbocycles. The number of hydrogen-bond acceptors (Lipinski definition) is 4. The van der Waals surface area contributed by atoms with Gasteiger partial charge in [0.2, 0.25) is 0 Å². The van der Waals surface area contributed by atoms with E-state index < -0.39 is 21.8 Å². The van der Waals surface area contributed by atoms with Gasteiger partial charge in [-0.15, -0.1) is 0 Å². The highest BCUT2D eigenvalue weighted by atomic mass is 35.5. The molecule has 0 fully saturated rings. The van der Waals surface area contributed by atoms with Gasteiger partial charge in [0.15, 0.2) is 5.75 Å². The summed E-state index contributed by atoms with van der Waals surface area (Å²) in [6, 6.07) is 5.78. The number of benzene rings is 1. The lowest BCUT2D eigenvalue weighted by Gasteiger charge is -2.02. The third kappa shape index (κ3) is 4.78. The maximum Gasteiger partial charge on any atom is 0.329 e. The van der Waals surface area contributed by atoms with Gasteiger partial charge in [0.1, 0.15) is 5.75 Å². The van der Waals surface area contributed by atoms with E-state index in [0.29, 0.717) is 5.02 Å². The Bertz CT molecular complexity index is 450. The fourth-order valence-corrected chi connectivity index (χ4v) is 1.30. The van der Waals surface area contributed by atoms with Crippen LogP contribution in [0.4, 0.5) is 0 Å². The second-order valence-corrected chi connectivity index (χ2v) is 4.54. The summed E-state index contributed by atoms with van der Waals surface area (Å²) < 4.78 is 33.6. The molecule has 1 aromatic carbocycles. The Morgan fingerprint density at radius 1 is 1.33 bits per heavy atom. The van der Waals surface area contributed by atoms with Gasteiger partial charge >= 0.3 is 5.97 Å². The van der Waals surface area contributed by atoms with Crippen LogP contribution in [0.5, 0.6) is 5.75 Å². The third-order valence-corrected chi connectivity index (χ3v) is 2.20. The molecule has 0 aliphatic heterocycles. The van der Waals surface area contributed by atoms with E-state index in [9.17, 15) is 13.2 Å². The van der Waals surface area contributed by atoms with Gasteiger partial charge in [-0.3, -0.25) is 9.35 Å². The molecule has 0 aromatic heterocycles. The molecule has 1 rings (SSSR count). The predicted molar refractivity (Wildman–Crippen MR) is 53.5 cm³/mol. The molecule has 0 heterocycles. The van der Waals surface area contributed by atoms with Gasteiger partial charge < -0.3 is 4.74 Å². The van der Waals surface area contributed by atoms with Crippen molar-refractivity contribution in [2.24, 2.45) is 0 Å². The monoisotopic (exact) mass is 250 g/mol. The van der Waals surface area contributed by atoms with Crippen LogP contribution in [-0.2, 0) is 14.9 Å². The van der Waals surface area contributed by atoms with E-state index in [1.807, 2.05) is 0 Å². The molecule has 82 valence electrons. The lowest BCUT2D eigenvalue weighted by atomic mass is 10.3.